The van der Waals surface area contributed by atoms with Gasteiger partial charge in [0.1, 0.15) is 0 Å². The number of halogens is 1. The van der Waals surface area contributed by atoms with Crippen molar-refractivity contribution < 1.29 is 9.21 Å². The first-order valence-corrected chi connectivity index (χ1v) is 8.05. The highest BCUT2D eigenvalue weighted by Crippen LogP contribution is 2.24. The monoisotopic (exact) mass is 374 g/mol. The van der Waals surface area contributed by atoms with Gasteiger partial charge in [0.2, 0.25) is 5.91 Å². The molecule has 0 bridgehead atoms. The van der Waals surface area contributed by atoms with Gasteiger partial charge in [-0.15, -0.1) is 11.3 Å². The molecule has 6 heteroatoms. The smallest absolute Gasteiger partial charge is 0.248 e. The lowest BCUT2D eigenvalue weighted by atomic mass is 10.1. The van der Waals surface area contributed by atoms with Crippen LogP contribution in [0.2, 0.25) is 0 Å². The van der Waals surface area contributed by atoms with E-state index in [1.807, 2.05) is 36.4 Å². The molecule has 22 heavy (non-hydrogen) atoms. The van der Waals surface area contributed by atoms with E-state index in [4.69, 9.17) is 4.42 Å². The van der Waals surface area contributed by atoms with Gasteiger partial charge in [-0.25, -0.2) is 4.98 Å². The van der Waals surface area contributed by atoms with E-state index in [9.17, 15) is 4.79 Å². The van der Waals surface area contributed by atoms with Crippen molar-refractivity contribution in [1.82, 2.24) is 4.98 Å². The van der Waals surface area contributed by atoms with E-state index >= 15 is 0 Å². The molecule has 0 atom stereocenters. The molecule has 0 saturated heterocycles. The molecule has 2 heterocycles. The van der Waals surface area contributed by atoms with Gasteiger partial charge in [0, 0.05) is 22.2 Å². The van der Waals surface area contributed by atoms with Crippen molar-refractivity contribution in [2.75, 3.05) is 5.32 Å². The normalized spacial score (nSPS) is 11.0. The number of hydrogen-bond donors (Lipinski definition) is 1. The molecule has 0 aliphatic carbocycles. The van der Waals surface area contributed by atoms with Crippen molar-refractivity contribution in [3.05, 3.63) is 63.7 Å². The van der Waals surface area contributed by atoms with Gasteiger partial charge in [0.25, 0.3) is 0 Å². The highest BCUT2D eigenvalue weighted by atomic mass is 79.9. The van der Waals surface area contributed by atoms with Crippen LogP contribution in [0, 0.1) is 0 Å². The number of hydrogen-bond acceptors (Lipinski definition) is 4. The van der Waals surface area contributed by atoms with Gasteiger partial charge in [-0.1, -0.05) is 12.1 Å². The van der Waals surface area contributed by atoms with Crippen molar-refractivity contribution in [3.63, 3.8) is 0 Å². The number of carbonyl (C=O) groups excluding carboxylic acids is 1. The Hall–Kier alpha value is -2.18. The lowest BCUT2D eigenvalue weighted by molar-refractivity contribution is -0.111. The Morgan fingerprint density at radius 1 is 1.32 bits per heavy atom. The number of oxazole rings is 1. The number of aromatic nitrogens is 1. The Morgan fingerprint density at radius 3 is 2.95 bits per heavy atom. The number of nitrogens with one attached hydrogen (secondary N) is 1. The van der Waals surface area contributed by atoms with E-state index in [2.05, 4.69) is 26.2 Å². The third-order valence-corrected chi connectivity index (χ3v) is 4.43. The average molecular weight is 375 g/mol. The van der Waals surface area contributed by atoms with Crippen molar-refractivity contribution in [2.45, 2.75) is 0 Å². The van der Waals surface area contributed by atoms with Crippen LogP contribution in [0.5, 0.6) is 0 Å². The van der Waals surface area contributed by atoms with Crippen LogP contribution >= 0.6 is 27.3 Å². The predicted octanol–water partition coefficient (Wildman–Crippen LogP) is 4.82. The van der Waals surface area contributed by atoms with Gasteiger partial charge in [0.05, 0.1) is 9.98 Å². The Labute approximate surface area is 139 Å². The van der Waals surface area contributed by atoms with Crippen LogP contribution < -0.4 is 5.32 Å². The molecule has 0 radical (unpaired) electrons. The van der Waals surface area contributed by atoms with Gasteiger partial charge in [-0.2, -0.15) is 0 Å². The van der Waals surface area contributed by atoms with E-state index < -0.39 is 0 Å². The maximum atomic E-state index is 11.9. The van der Waals surface area contributed by atoms with Crippen molar-refractivity contribution in [3.8, 4) is 11.3 Å². The largest absolute Gasteiger partial charge is 0.444 e. The predicted molar refractivity (Wildman–Crippen MR) is 91.6 cm³/mol. The SMILES string of the molecule is O=C(C=Cc1ccc(Br)s1)Nc1cccc(-c2cnco2)c1. The van der Waals surface area contributed by atoms with Gasteiger partial charge in [0.15, 0.2) is 12.2 Å². The van der Waals surface area contributed by atoms with Crippen molar-refractivity contribution in [2.24, 2.45) is 0 Å². The zero-order chi connectivity index (χ0) is 15.4. The molecule has 0 aliphatic rings. The van der Waals surface area contributed by atoms with Crippen LogP contribution in [-0.4, -0.2) is 10.9 Å². The number of thiophene rings is 1. The third kappa shape index (κ3) is 3.72. The molecule has 4 nitrogen and oxygen atoms in total. The second kappa shape index (κ2) is 6.72. The Bertz CT molecular complexity index is 809. The Balaban J connectivity index is 1.69. The van der Waals surface area contributed by atoms with Gasteiger partial charge < -0.3 is 9.73 Å². The number of amides is 1. The number of anilines is 1. The van der Waals surface area contributed by atoms with Gasteiger partial charge in [-0.3, -0.25) is 4.79 Å². The molecule has 0 unspecified atom stereocenters. The summed E-state index contributed by atoms with van der Waals surface area (Å²) in [6.45, 7) is 0. The molecule has 1 amide bonds. The van der Waals surface area contributed by atoms with Crippen LogP contribution in [0.1, 0.15) is 4.88 Å². The second-order valence-electron chi connectivity index (χ2n) is 4.41. The van der Waals surface area contributed by atoms with Crippen molar-refractivity contribution in [1.29, 1.82) is 0 Å². The molecule has 1 aromatic carbocycles. The van der Waals surface area contributed by atoms with E-state index in [0.717, 1.165) is 14.2 Å². The topological polar surface area (TPSA) is 55.1 Å². The summed E-state index contributed by atoms with van der Waals surface area (Å²) in [5, 5.41) is 2.83. The minimum Gasteiger partial charge on any atom is -0.444 e. The van der Waals surface area contributed by atoms with E-state index in [-0.39, 0.29) is 5.91 Å². The maximum Gasteiger partial charge on any atom is 0.248 e. The number of benzene rings is 1. The molecule has 110 valence electrons. The molecular formula is C16H11BrN2O2S. The molecule has 0 spiro atoms. The highest BCUT2D eigenvalue weighted by molar-refractivity contribution is 9.11. The summed E-state index contributed by atoms with van der Waals surface area (Å²) in [5.74, 6) is 0.481. The van der Waals surface area contributed by atoms with E-state index in [1.54, 1.807) is 23.6 Å². The standard InChI is InChI=1S/C16H11BrN2O2S/c17-15-6-4-13(22-15)5-7-16(20)19-12-3-1-2-11(8-12)14-9-18-10-21-14/h1-10H,(H,19,20). The first-order valence-electron chi connectivity index (χ1n) is 6.44. The van der Waals surface area contributed by atoms with Crippen LogP contribution in [0.15, 0.2) is 63.3 Å². The van der Waals surface area contributed by atoms with Crippen LogP contribution in [0.25, 0.3) is 17.4 Å². The zero-order valence-electron chi connectivity index (χ0n) is 11.3. The summed E-state index contributed by atoms with van der Waals surface area (Å²) < 4.78 is 6.28. The molecular weight excluding hydrogens is 364 g/mol. The summed E-state index contributed by atoms with van der Waals surface area (Å²) in [6, 6.07) is 11.3. The van der Waals surface area contributed by atoms with E-state index in [1.165, 1.54) is 12.5 Å². The van der Waals surface area contributed by atoms with Gasteiger partial charge >= 0.3 is 0 Å². The lowest BCUT2D eigenvalue weighted by Gasteiger charge is -2.03. The third-order valence-electron chi connectivity index (χ3n) is 2.84. The van der Waals surface area contributed by atoms with Gasteiger partial charge in [-0.05, 0) is 46.3 Å². The molecule has 0 saturated carbocycles. The van der Waals surface area contributed by atoms with Crippen LogP contribution in [-0.2, 0) is 4.79 Å². The van der Waals surface area contributed by atoms with Crippen molar-refractivity contribution >= 4 is 44.9 Å². The van der Waals surface area contributed by atoms with Crippen LogP contribution in [0.4, 0.5) is 5.69 Å². The molecule has 1 N–H and O–H groups in total. The first-order chi connectivity index (χ1) is 10.7. The molecule has 3 rings (SSSR count). The Kier molecular flexibility index (Phi) is 4.50. The summed E-state index contributed by atoms with van der Waals surface area (Å²) in [5.41, 5.74) is 1.57. The first kappa shape index (κ1) is 14.7. The number of rotatable bonds is 4. The second-order valence-corrected chi connectivity index (χ2v) is 6.91. The lowest BCUT2D eigenvalue weighted by Crippen LogP contribution is -2.07. The Morgan fingerprint density at radius 2 is 2.23 bits per heavy atom. The number of carbonyl (C=O) groups is 1. The molecule has 0 fully saturated rings. The zero-order valence-corrected chi connectivity index (χ0v) is 13.7. The van der Waals surface area contributed by atoms with E-state index in [0.29, 0.717) is 11.4 Å². The quantitative estimate of drug-likeness (QED) is 0.666. The fourth-order valence-corrected chi connectivity index (χ4v) is 3.19. The number of nitrogens with zero attached hydrogens (tertiary/aromatic N) is 1. The average Bonchev–Trinajstić information content (AvgIpc) is 3.17. The molecule has 0 aliphatic heterocycles. The fraction of sp³-hybridized carbons (Fsp3) is 0. The summed E-state index contributed by atoms with van der Waals surface area (Å²) in [7, 11) is 0. The summed E-state index contributed by atoms with van der Waals surface area (Å²) >= 11 is 4.96. The summed E-state index contributed by atoms with van der Waals surface area (Å²) in [6.07, 6.45) is 6.31. The maximum absolute atomic E-state index is 11.9. The molecule has 2 aromatic heterocycles. The minimum absolute atomic E-state index is 0.181. The highest BCUT2D eigenvalue weighted by Gasteiger charge is 2.04. The molecule has 3 aromatic rings. The summed E-state index contributed by atoms with van der Waals surface area (Å²) in [4.78, 5) is 16.8. The minimum atomic E-state index is -0.181. The van der Waals surface area contributed by atoms with Crippen LogP contribution in [0.3, 0.4) is 0 Å². The fourth-order valence-electron chi connectivity index (χ4n) is 1.87.